The number of benzene rings is 1. The second kappa shape index (κ2) is 6.59. The average Bonchev–Trinajstić information content (AvgIpc) is 3.10. The zero-order valence-corrected chi connectivity index (χ0v) is 15.0. The number of aromatic nitrogens is 4. The van der Waals surface area contributed by atoms with Crippen LogP contribution in [0.2, 0.25) is 0 Å². The number of carbonyl (C=O) groups excluding carboxylic acids is 1. The van der Waals surface area contributed by atoms with Gasteiger partial charge in [0.05, 0.1) is 22.6 Å². The molecule has 1 aliphatic heterocycles. The van der Waals surface area contributed by atoms with E-state index in [4.69, 9.17) is 0 Å². The molecule has 8 nitrogen and oxygen atoms in total. The quantitative estimate of drug-likeness (QED) is 0.818. The first-order chi connectivity index (χ1) is 12.5. The minimum absolute atomic E-state index is 0.00501. The highest BCUT2D eigenvalue weighted by molar-refractivity contribution is 7.91. The number of sulfone groups is 1. The molecule has 1 N–H and O–H groups in total. The molecule has 2 heterocycles. The number of amides is 1. The average molecular weight is 403 g/mol. The summed E-state index contributed by atoms with van der Waals surface area (Å²) in [5.74, 6) is -0.706. The zero-order chi connectivity index (χ0) is 19.9. The number of nitrogens with zero attached hydrogens (tertiary/aromatic N) is 4. The molecule has 1 aromatic carbocycles. The monoisotopic (exact) mass is 403 g/mol. The molecule has 146 valence electrons. The summed E-state index contributed by atoms with van der Waals surface area (Å²) in [7, 11) is -3.18. The van der Waals surface area contributed by atoms with E-state index in [1.807, 2.05) is 0 Å². The van der Waals surface area contributed by atoms with Gasteiger partial charge in [-0.15, -0.1) is 10.2 Å². The lowest BCUT2D eigenvalue weighted by atomic mass is 10.0. The van der Waals surface area contributed by atoms with E-state index >= 15 is 0 Å². The van der Waals surface area contributed by atoms with Crippen LogP contribution in [0.1, 0.15) is 18.9 Å². The van der Waals surface area contributed by atoms with Crippen molar-refractivity contribution in [2.45, 2.75) is 31.6 Å². The summed E-state index contributed by atoms with van der Waals surface area (Å²) in [6.45, 7) is 1.31. The molecule has 1 aliphatic rings. The Bertz CT molecular complexity index is 973. The van der Waals surface area contributed by atoms with Gasteiger partial charge in [-0.1, -0.05) is 12.1 Å². The molecular formula is C15H16F3N5O3S. The van der Waals surface area contributed by atoms with Gasteiger partial charge < -0.3 is 5.32 Å². The Morgan fingerprint density at radius 1 is 1.37 bits per heavy atom. The Labute approximate surface area is 152 Å². The molecule has 1 aromatic heterocycles. The molecule has 1 saturated heterocycles. The van der Waals surface area contributed by atoms with Crippen molar-refractivity contribution >= 4 is 15.7 Å². The summed E-state index contributed by atoms with van der Waals surface area (Å²) in [6, 6.07) is 4.46. The number of hydrogen-bond donors (Lipinski definition) is 1. The Hall–Kier alpha value is -2.50. The first-order valence-electron chi connectivity index (χ1n) is 7.93. The van der Waals surface area contributed by atoms with E-state index in [2.05, 4.69) is 20.7 Å². The van der Waals surface area contributed by atoms with Crippen molar-refractivity contribution in [1.82, 2.24) is 25.5 Å². The Kier molecular flexibility index (Phi) is 4.70. The van der Waals surface area contributed by atoms with Crippen LogP contribution in [0.4, 0.5) is 13.2 Å². The smallest absolute Gasteiger partial charge is 0.348 e. The van der Waals surface area contributed by atoms with Gasteiger partial charge in [0.15, 0.2) is 9.84 Å². The molecule has 3 rings (SSSR count). The molecular weight excluding hydrogens is 387 g/mol. The highest BCUT2D eigenvalue weighted by Crippen LogP contribution is 2.31. The fourth-order valence-corrected chi connectivity index (χ4v) is 4.97. The first-order valence-corrected chi connectivity index (χ1v) is 9.75. The van der Waals surface area contributed by atoms with Crippen molar-refractivity contribution in [2.75, 3.05) is 11.5 Å². The van der Waals surface area contributed by atoms with Crippen molar-refractivity contribution in [3.8, 4) is 11.4 Å². The molecule has 1 fully saturated rings. The van der Waals surface area contributed by atoms with Gasteiger partial charge in [0.1, 0.15) is 6.54 Å². The lowest BCUT2D eigenvalue weighted by molar-refractivity contribution is -0.137. The molecule has 0 bridgehead atoms. The number of halogens is 3. The molecule has 1 amide bonds. The molecule has 1 atom stereocenters. The minimum Gasteiger partial charge on any atom is -0.348 e. The molecule has 27 heavy (non-hydrogen) atoms. The number of nitrogens with one attached hydrogen (secondary N) is 1. The molecule has 2 aromatic rings. The SMILES string of the molecule is C[C@@]1(NC(=O)Cn2nnc(-c3cccc(C(F)(F)F)c3)n2)CCS(=O)(=O)C1. The molecule has 0 saturated carbocycles. The predicted octanol–water partition coefficient (Wildman–Crippen LogP) is 1.05. The largest absolute Gasteiger partial charge is 0.416 e. The van der Waals surface area contributed by atoms with Gasteiger partial charge in [-0.2, -0.15) is 18.0 Å². The molecule has 0 spiro atoms. The van der Waals surface area contributed by atoms with Gasteiger partial charge in [0.2, 0.25) is 11.7 Å². The summed E-state index contributed by atoms with van der Waals surface area (Å²) < 4.78 is 61.5. The van der Waals surface area contributed by atoms with Crippen molar-refractivity contribution < 1.29 is 26.4 Å². The van der Waals surface area contributed by atoms with Crippen LogP contribution < -0.4 is 5.32 Å². The highest BCUT2D eigenvalue weighted by atomic mass is 32.2. The Morgan fingerprint density at radius 2 is 2.11 bits per heavy atom. The summed E-state index contributed by atoms with van der Waals surface area (Å²) in [5.41, 5.74) is -1.59. The van der Waals surface area contributed by atoms with Crippen molar-refractivity contribution in [2.24, 2.45) is 0 Å². The third-order valence-corrected chi connectivity index (χ3v) is 6.03. The molecule has 0 aliphatic carbocycles. The minimum atomic E-state index is -4.50. The topological polar surface area (TPSA) is 107 Å². The van der Waals surface area contributed by atoms with Crippen LogP contribution in [0.15, 0.2) is 24.3 Å². The second-order valence-electron chi connectivity index (χ2n) is 6.67. The van der Waals surface area contributed by atoms with E-state index < -0.39 is 33.0 Å². The maximum absolute atomic E-state index is 12.8. The number of tetrazole rings is 1. The van der Waals surface area contributed by atoms with Gasteiger partial charge in [-0.3, -0.25) is 4.79 Å². The Morgan fingerprint density at radius 3 is 2.74 bits per heavy atom. The van der Waals surface area contributed by atoms with E-state index in [0.717, 1.165) is 16.9 Å². The van der Waals surface area contributed by atoms with Crippen LogP contribution in [0, 0.1) is 0 Å². The van der Waals surface area contributed by atoms with Gasteiger partial charge in [0, 0.05) is 5.56 Å². The lowest BCUT2D eigenvalue weighted by Gasteiger charge is -2.23. The van der Waals surface area contributed by atoms with E-state index in [9.17, 15) is 26.4 Å². The third-order valence-electron chi connectivity index (χ3n) is 4.13. The van der Waals surface area contributed by atoms with Crippen molar-refractivity contribution in [1.29, 1.82) is 0 Å². The highest BCUT2D eigenvalue weighted by Gasteiger charge is 2.39. The van der Waals surface area contributed by atoms with E-state index in [1.165, 1.54) is 12.1 Å². The standard InChI is InChI=1S/C15H16F3N5O3S/c1-14(5-6-27(25,26)9-14)19-12(24)8-23-21-13(20-22-23)10-3-2-4-11(7-10)15(16,17)18/h2-4,7H,5-6,8-9H2,1H3,(H,19,24)/t14-/m1/s1. The van der Waals surface area contributed by atoms with Crippen LogP contribution in [-0.4, -0.2) is 51.6 Å². The summed E-state index contributed by atoms with van der Waals surface area (Å²) in [6.07, 6.45) is -4.19. The van der Waals surface area contributed by atoms with Gasteiger partial charge >= 0.3 is 6.18 Å². The summed E-state index contributed by atoms with van der Waals surface area (Å²) in [4.78, 5) is 13.1. The second-order valence-corrected chi connectivity index (χ2v) is 8.86. The van der Waals surface area contributed by atoms with Crippen LogP contribution in [-0.2, 0) is 27.4 Å². The van der Waals surface area contributed by atoms with Crippen molar-refractivity contribution in [3.05, 3.63) is 29.8 Å². The molecule has 0 unspecified atom stereocenters. The zero-order valence-electron chi connectivity index (χ0n) is 14.2. The van der Waals surface area contributed by atoms with E-state index in [-0.39, 0.29) is 29.4 Å². The fraction of sp³-hybridized carbons (Fsp3) is 0.467. The number of hydrogen-bond acceptors (Lipinski definition) is 6. The van der Waals surface area contributed by atoms with Gasteiger partial charge in [-0.25, -0.2) is 8.42 Å². The maximum atomic E-state index is 12.8. The number of rotatable bonds is 4. The van der Waals surface area contributed by atoms with Crippen molar-refractivity contribution in [3.63, 3.8) is 0 Å². The van der Waals surface area contributed by atoms with E-state index in [1.54, 1.807) is 6.92 Å². The maximum Gasteiger partial charge on any atom is 0.416 e. The van der Waals surface area contributed by atoms with Crippen LogP contribution >= 0.6 is 0 Å². The third kappa shape index (κ3) is 4.62. The van der Waals surface area contributed by atoms with Crippen LogP contribution in [0.5, 0.6) is 0 Å². The van der Waals surface area contributed by atoms with Gasteiger partial charge in [-0.05, 0) is 30.7 Å². The number of carbonyl (C=O) groups is 1. The lowest BCUT2D eigenvalue weighted by Crippen LogP contribution is -2.48. The molecule has 12 heteroatoms. The van der Waals surface area contributed by atoms with Gasteiger partial charge in [0.25, 0.3) is 0 Å². The normalized spacial score (nSPS) is 21.9. The predicted molar refractivity (Wildman–Crippen MR) is 88.1 cm³/mol. The van der Waals surface area contributed by atoms with Crippen LogP contribution in [0.25, 0.3) is 11.4 Å². The number of alkyl halides is 3. The molecule has 0 radical (unpaired) electrons. The summed E-state index contributed by atoms with van der Waals surface area (Å²) in [5, 5.41) is 13.9. The van der Waals surface area contributed by atoms with E-state index in [0.29, 0.717) is 6.42 Å². The first kappa shape index (κ1) is 19.3. The van der Waals surface area contributed by atoms with Crippen LogP contribution in [0.3, 0.4) is 0 Å². The fourth-order valence-electron chi connectivity index (χ4n) is 2.87. The Balaban J connectivity index is 1.69. The summed E-state index contributed by atoms with van der Waals surface area (Å²) >= 11 is 0.